The number of rotatable bonds is 3. The first-order valence-electron chi connectivity index (χ1n) is 9.48. The fourth-order valence-electron chi connectivity index (χ4n) is 4.67. The van der Waals surface area contributed by atoms with Gasteiger partial charge in [-0.25, -0.2) is 4.58 Å². The molecule has 5 rings (SSSR count). The van der Waals surface area contributed by atoms with Crippen LogP contribution in [0.15, 0.2) is 45.3 Å². The summed E-state index contributed by atoms with van der Waals surface area (Å²) in [7, 11) is 0. The van der Waals surface area contributed by atoms with Crippen molar-refractivity contribution < 1.29 is 14.8 Å². The Morgan fingerprint density at radius 3 is 2.82 bits per heavy atom. The fraction of sp³-hybridized carbons (Fsp3) is 0.429. The Bertz CT molecular complexity index is 988. The van der Waals surface area contributed by atoms with E-state index in [2.05, 4.69) is 26.2 Å². The van der Waals surface area contributed by atoms with Gasteiger partial charge in [-0.3, -0.25) is 4.99 Å². The molecular weight excluding hydrogens is 354 g/mol. The van der Waals surface area contributed by atoms with Crippen molar-refractivity contribution in [2.24, 2.45) is 26.3 Å². The van der Waals surface area contributed by atoms with E-state index >= 15 is 0 Å². The highest BCUT2D eigenvalue weighted by Crippen LogP contribution is 2.63. The van der Waals surface area contributed by atoms with E-state index in [1.165, 1.54) is 0 Å². The van der Waals surface area contributed by atoms with Gasteiger partial charge in [-0.05, 0) is 17.9 Å². The van der Waals surface area contributed by atoms with Crippen molar-refractivity contribution in [3.05, 3.63) is 35.9 Å². The number of terminal acetylenes is 1. The van der Waals surface area contributed by atoms with E-state index in [1.807, 2.05) is 41.8 Å². The average molecular weight is 376 g/mol. The molecule has 0 spiro atoms. The average Bonchev–Trinajstić information content (AvgIpc) is 3.15. The number of aliphatic hydroxyl groups is 2. The minimum atomic E-state index is -0.842. The summed E-state index contributed by atoms with van der Waals surface area (Å²) in [6.45, 7) is 2.53. The Balaban J connectivity index is 1.50. The summed E-state index contributed by atoms with van der Waals surface area (Å²) < 4.78 is 1.89. The lowest BCUT2D eigenvalue weighted by Gasteiger charge is -2.22. The number of nitrogens with zero attached hydrogens (tertiary/aromatic N) is 4. The van der Waals surface area contributed by atoms with Gasteiger partial charge in [-0.2, -0.15) is 0 Å². The topological polar surface area (TPSA) is 92.6 Å². The third kappa shape index (κ3) is 2.45. The third-order valence-corrected chi connectivity index (χ3v) is 6.42. The molecule has 0 aromatic heterocycles. The summed E-state index contributed by atoms with van der Waals surface area (Å²) in [5, 5.41) is 24.1. The van der Waals surface area contributed by atoms with Crippen molar-refractivity contribution in [2.75, 3.05) is 0 Å². The number of fused-ring (bicyclic) bond motifs is 2. The quantitative estimate of drug-likeness (QED) is 0.519. The van der Waals surface area contributed by atoms with Gasteiger partial charge in [-0.15, -0.1) is 11.4 Å². The van der Waals surface area contributed by atoms with Gasteiger partial charge in [0.05, 0.1) is 12.6 Å². The molecule has 4 aliphatic rings. The maximum absolute atomic E-state index is 10.6. The van der Waals surface area contributed by atoms with Gasteiger partial charge in [0.2, 0.25) is 6.34 Å². The molecule has 2 fully saturated rings. The number of nitrogens with one attached hydrogen (secondary N) is 1. The van der Waals surface area contributed by atoms with E-state index in [-0.39, 0.29) is 23.4 Å². The van der Waals surface area contributed by atoms with Crippen molar-refractivity contribution in [2.45, 2.75) is 44.2 Å². The molecule has 0 saturated heterocycles. The Morgan fingerprint density at radius 1 is 1.36 bits per heavy atom. The van der Waals surface area contributed by atoms with Crippen molar-refractivity contribution >= 4 is 23.8 Å². The zero-order valence-corrected chi connectivity index (χ0v) is 15.5. The first-order chi connectivity index (χ1) is 13.5. The predicted octanol–water partition coefficient (Wildman–Crippen LogP) is 0.172. The molecule has 2 saturated carbocycles. The second-order valence-corrected chi connectivity index (χ2v) is 8.09. The van der Waals surface area contributed by atoms with Crippen LogP contribution >= 0.6 is 0 Å². The summed E-state index contributed by atoms with van der Waals surface area (Å²) in [5.74, 6) is 4.43. The number of amidine groups is 3. The molecule has 2 heterocycles. The van der Waals surface area contributed by atoms with Crippen LogP contribution in [0.3, 0.4) is 0 Å². The molecule has 1 aromatic rings. The monoisotopic (exact) mass is 376 g/mol. The Labute approximate surface area is 163 Å². The number of hydrogen-bond donors (Lipinski definition) is 3. The number of hydrogen-bond acceptors (Lipinski definition) is 5. The van der Waals surface area contributed by atoms with Gasteiger partial charge in [-0.1, -0.05) is 42.2 Å². The normalized spacial score (nSPS) is 39.3. The van der Waals surface area contributed by atoms with Crippen molar-refractivity contribution in [1.82, 2.24) is 5.32 Å². The fourth-order valence-corrected chi connectivity index (χ4v) is 4.67. The van der Waals surface area contributed by atoms with Crippen molar-refractivity contribution in [3.8, 4) is 12.3 Å². The number of aliphatic hydroxyl groups excluding tert-OH is 2. The second-order valence-electron chi connectivity index (χ2n) is 8.09. The highest BCUT2D eigenvalue weighted by molar-refractivity contribution is 6.25. The number of benzene rings is 1. The van der Waals surface area contributed by atoms with Crippen LogP contribution in [0, 0.1) is 23.7 Å². The molecule has 0 bridgehead atoms. The lowest BCUT2D eigenvalue weighted by atomic mass is 10.0. The highest BCUT2D eigenvalue weighted by atomic mass is 16.3. The molecule has 28 heavy (non-hydrogen) atoms. The van der Waals surface area contributed by atoms with E-state index in [9.17, 15) is 10.2 Å². The lowest BCUT2D eigenvalue weighted by Crippen LogP contribution is -2.49. The summed E-state index contributed by atoms with van der Waals surface area (Å²) in [4.78, 5) is 13.8. The van der Waals surface area contributed by atoms with Crippen LogP contribution in [0.25, 0.3) is 0 Å². The third-order valence-electron chi connectivity index (χ3n) is 6.42. The molecule has 7 heteroatoms. The molecule has 2 aliphatic carbocycles. The minimum absolute atomic E-state index is 0.208. The summed E-state index contributed by atoms with van der Waals surface area (Å²) in [6, 6.07) is 9.33. The lowest BCUT2D eigenvalue weighted by molar-refractivity contribution is -0.463. The standard InChI is InChI=1S/C21H21N5O2/c1-3-14-24-19(22-10-12-7-5-4-6-8-12)15-20(25-14)26(11-23-15)16-13-9-21(13,2)18(28)17(16)27/h1,4-8,11,13,15-18,27-28H,9-10H2,2H3/p+1/t13?,15?,16-,17+,18+,21+/m1/s1. The molecular formula is C21H22N5O2+. The summed E-state index contributed by atoms with van der Waals surface area (Å²) in [5.41, 5.74) is 0.858. The van der Waals surface area contributed by atoms with Crippen LogP contribution in [0.5, 0.6) is 0 Å². The molecule has 142 valence electrons. The first-order valence-corrected chi connectivity index (χ1v) is 9.48. The van der Waals surface area contributed by atoms with Crippen LogP contribution in [0.1, 0.15) is 18.9 Å². The zero-order chi connectivity index (χ0) is 19.5. The van der Waals surface area contributed by atoms with Gasteiger partial charge in [0.15, 0.2) is 5.84 Å². The largest absolute Gasteiger partial charge is 0.390 e. The molecule has 1 aromatic carbocycles. The smallest absolute Gasteiger partial charge is 0.290 e. The van der Waals surface area contributed by atoms with Crippen molar-refractivity contribution in [1.29, 1.82) is 0 Å². The van der Waals surface area contributed by atoms with Gasteiger partial charge >= 0.3 is 0 Å². The molecule has 2 aliphatic heterocycles. The van der Waals surface area contributed by atoms with Gasteiger partial charge < -0.3 is 15.5 Å². The first kappa shape index (κ1) is 17.3. The molecule has 6 atom stereocenters. The molecule has 0 radical (unpaired) electrons. The van der Waals surface area contributed by atoms with E-state index in [0.717, 1.165) is 12.0 Å². The zero-order valence-electron chi connectivity index (χ0n) is 15.5. The Hall–Kier alpha value is -2.82. The van der Waals surface area contributed by atoms with Crippen LogP contribution in [-0.4, -0.2) is 62.9 Å². The van der Waals surface area contributed by atoms with E-state index in [1.54, 1.807) is 6.34 Å². The van der Waals surface area contributed by atoms with Gasteiger partial charge in [0.25, 0.3) is 17.7 Å². The summed E-state index contributed by atoms with van der Waals surface area (Å²) in [6.07, 6.45) is 6.61. The van der Waals surface area contributed by atoms with Crippen LogP contribution in [0.2, 0.25) is 0 Å². The molecule has 3 N–H and O–H groups in total. The summed E-state index contributed by atoms with van der Waals surface area (Å²) >= 11 is 0. The predicted molar refractivity (Wildman–Crippen MR) is 107 cm³/mol. The Kier molecular flexibility index (Phi) is 3.76. The van der Waals surface area contributed by atoms with Gasteiger partial charge in [0, 0.05) is 11.3 Å². The van der Waals surface area contributed by atoms with E-state index in [4.69, 9.17) is 6.42 Å². The van der Waals surface area contributed by atoms with E-state index < -0.39 is 12.2 Å². The van der Waals surface area contributed by atoms with E-state index in [0.29, 0.717) is 24.1 Å². The minimum Gasteiger partial charge on any atom is -0.390 e. The molecule has 2 unspecified atom stereocenters. The SMILES string of the molecule is C#CC1=NC2=[N+]([C@@H]3C4C[C@]4(C)[C@@H](O)[C@H]3O)C=NC2C(=NCc2ccccc2)N1. The number of aliphatic imine (C=N–C) groups is 3. The molecule has 7 nitrogen and oxygen atoms in total. The van der Waals surface area contributed by atoms with Crippen molar-refractivity contribution in [3.63, 3.8) is 0 Å². The Morgan fingerprint density at radius 2 is 2.14 bits per heavy atom. The maximum Gasteiger partial charge on any atom is 0.290 e. The van der Waals surface area contributed by atoms with Gasteiger partial charge in [0.1, 0.15) is 12.1 Å². The highest BCUT2D eigenvalue weighted by Gasteiger charge is 2.70. The van der Waals surface area contributed by atoms with Crippen LogP contribution < -0.4 is 5.32 Å². The maximum atomic E-state index is 10.6. The second kappa shape index (κ2) is 6.09. The van der Waals surface area contributed by atoms with Crippen LogP contribution in [-0.2, 0) is 6.54 Å². The van der Waals surface area contributed by atoms with Crippen LogP contribution in [0.4, 0.5) is 0 Å². The molecule has 0 amide bonds.